The zero-order chi connectivity index (χ0) is 10.6. The summed E-state index contributed by atoms with van der Waals surface area (Å²) >= 11 is 0. The summed E-state index contributed by atoms with van der Waals surface area (Å²) in [6.07, 6.45) is 2.68. The first-order valence-corrected chi connectivity index (χ1v) is 6.05. The predicted molar refractivity (Wildman–Crippen MR) is 62.5 cm³/mol. The normalized spacial score (nSPS) is 28.1. The van der Waals surface area contributed by atoms with E-state index >= 15 is 0 Å². The van der Waals surface area contributed by atoms with Crippen molar-refractivity contribution in [2.45, 2.75) is 39.7 Å². The maximum atomic E-state index is 3.53. The number of rotatable bonds is 7. The Balaban J connectivity index is 2.03. The molecule has 1 rings (SSSR count). The third-order valence-electron chi connectivity index (χ3n) is 3.15. The van der Waals surface area contributed by atoms with Crippen LogP contribution in [0.25, 0.3) is 0 Å². The summed E-state index contributed by atoms with van der Waals surface area (Å²) in [5, 5.41) is 3.53. The largest absolute Gasteiger partial charge is 0.313 e. The molecule has 0 heterocycles. The third-order valence-corrected chi connectivity index (χ3v) is 3.15. The van der Waals surface area contributed by atoms with Gasteiger partial charge in [-0.2, -0.15) is 0 Å². The molecule has 3 atom stereocenters. The standard InChI is InChI=1S/C12H26N2/c1-5-6-13-11(3)8-14(4)9-12-7-10(12)2/h10-13H,5-9H2,1-4H3. The molecule has 0 radical (unpaired) electrons. The van der Waals surface area contributed by atoms with Gasteiger partial charge < -0.3 is 10.2 Å². The molecule has 0 aromatic carbocycles. The van der Waals surface area contributed by atoms with E-state index in [9.17, 15) is 0 Å². The topological polar surface area (TPSA) is 15.3 Å². The van der Waals surface area contributed by atoms with Crippen molar-refractivity contribution < 1.29 is 0 Å². The van der Waals surface area contributed by atoms with Crippen LogP contribution in [0.5, 0.6) is 0 Å². The molecule has 1 aliphatic carbocycles. The summed E-state index contributed by atoms with van der Waals surface area (Å²) < 4.78 is 0. The van der Waals surface area contributed by atoms with E-state index in [4.69, 9.17) is 0 Å². The van der Waals surface area contributed by atoms with Crippen LogP contribution >= 0.6 is 0 Å². The molecule has 84 valence electrons. The number of hydrogen-bond donors (Lipinski definition) is 1. The molecule has 0 aromatic rings. The maximum absolute atomic E-state index is 3.53. The highest BCUT2D eigenvalue weighted by atomic mass is 15.1. The lowest BCUT2D eigenvalue weighted by Crippen LogP contribution is -2.38. The van der Waals surface area contributed by atoms with E-state index in [2.05, 4.69) is 38.0 Å². The van der Waals surface area contributed by atoms with Crippen molar-refractivity contribution in [1.29, 1.82) is 0 Å². The lowest BCUT2D eigenvalue weighted by Gasteiger charge is -2.22. The Labute approximate surface area is 89.1 Å². The maximum Gasteiger partial charge on any atom is 0.0166 e. The highest BCUT2D eigenvalue weighted by Crippen LogP contribution is 2.37. The first kappa shape index (κ1) is 12.0. The predicted octanol–water partition coefficient (Wildman–Crippen LogP) is 1.96. The van der Waals surface area contributed by atoms with Gasteiger partial charge in [-0.3, -0.25) is 0 Å². The zero-order valence-corrected chi connectivity index (χ0v) is 10.2. The molecule has 1 N–H and O–H groups in total. The molecule has 0 spiro atoms. The van der Waals surface area contributed by atoms with Gasteiger partial charge in [0, 0.05) is 19.1 Å². The minimum atomic E-state index is 0.633. The average Bonchev–Trinajstić information content (AvgIpc) is 2.77. The Morgan fingerprint density at radius 3 is 2.64 bits per heavy atom. The molecule has 14 heavy (non-hydrogen) atoms. The lowest BCUT2D eigenvalue weighted by atomic mass is 10.2. The van der Waals surface area contributed by atoms with Gasteiger partial charge in [0.15, 0.2) is 0 Å². The van der Waals surface area contributed by atoms with Crippen LogP contribution in [0.15, 0.2) is 0 Å². The number of likely N-dealkylation sites (N-methyl/N-ethyl adjacent to an activating group) is 1. The number of nitrogens with zero attached hydrogens (tertiary/aromatic N) is 1. The van der Waals surface area contributed by atoms with Gasteiger partial charge >= 0.3 is 0 Å². The van der Waals surface area contributed by atoms with Crippen LogP contribution < -0.4 is 5.32 Å². The van der Waals surface area contributed by atoms with Crippen LogP contribution in [-0.2, 0) is 0 Å². The number of hydrogen-bond acceptors (Lipinski definition) is 2. The molecular weight excluding hydrogens is 172 g/mol. The summed E-state index contributed by atoms with van der Waals surface area (Å²) in [5.74, 6) is 1.97. The van der Waals surface area contributed by atoms with E-state index in [0.717, 1.165) is 18.4 Å². The summed E-state index contributed by atoms with van der Waals surface area (Å²) in [4.78, 5) is 2.47. The molecule has 0 bridgehead atoms. The minimum absolute atomic E-state index is 0.633. The average molecular weight is 198 g/mol. The van der Waals surface area contributed by atoms with E-state index in [0.29, 0.717) is 6.04 Å². The zero-order valence-electron chi connectivity index (χ0n) is 10.2. The van der Waals surface area contributed by atoms with Crippen molar-refractivity contribution >= 4 is 0 Å². The minimum Gasteiger partial charge on any atom is -0.313 e. The smallest absolute Gasteiger partial charge is 0.0166 e. The second kappa shape index (κ2) is 5.72. The molecule has 3 unspecified atom stereocenters. The summed E-state index contributed by atoms with van der Waals surface area (Å²) in [5.41, 5.74) is 0. The quantitative estimate of drug-likeness (QED) is 0.673. The molecule has 1 fully saturated rings. The summed E-state index contributed by atoms with van der Waals surface area (Å²) in [6.45, 7) is 10.5. The molecule has 0 aromatic heterocycles. The van der Waals surface area contributed by atoms with Gasteiger partial charge in [-0.25, -0.2) is 0 Å². The molecule has 1 saturated carbocycles. The van der Waals surface area contributed by atoms with Gasteiger partial charge in [0.1, 0.15) is 0 Å². The van der Waals surface area contributed by atoms with E-state index in [1.165, 1.54) is 25.9 Å². The van der Waals surface area contributed by atoms with Gasteiger partial charge in [-0.05, 0) is 45.2 Å². The molecule has 0 aliphatic heterocycles. The summed E-state index contributed by atoms with van der Waals surface area (Å²) in [6, 6.07) is 0.633. The van der Waals surface area contributed by atoms with E-state index in [1.807, 2.05) is 0 Å². The second-order valence-corrected chi connectivity index (χ2v) is 5.05. The van der Waals surface area contributed by atoms with Gasteiger partial charge in [0.05, 0.1) is 0 Å². The lowest BCUT2D eigenvalue weighted by molar-refractivity contribution is 0.282. The fourth-order valence-corrected chi connectivity index (χ4v) is 2.05. The van der Waals surface area contributed by atoms with Gasteiger partial charge in [0.2, 0.25) is 0 Å². The van der Waals surface area contributed by atoms with Crippen molar-refractivity contribution in [3.63, 3.8) is 0 Å². The van der Waals surface area contributed by atoms with Crippen LogP contribution in [0.3, 0.4) is 0 Å². The fraction of sp³-hybridized carbons (Fsp3) is 1.00. The van der Waals surface area contributed by atoms with E-state index < -0.39 is 0 Å². The van der Waals surface area contributed by atoms with Crippen molar-refractivity contribution in [2.24, 2.45) is 11.8 Å². The third kappa shape index (κ3) is 4.43. The molecule has 1 aliphatic rings. The second-order valence-electron chi connectivity index (χ2n) is 5.05. The van der Waals surface area contributed by atoms with Gasteiger partial charge in [-0.1, -0.05) is 13.8 Å². The van der Waals surface area contributed by atoms with Crippen molar-refractivity contribution in [3.05, 3.63) is 0 Å². The van der Waals surface area contributed by atoms with Crippen LogP contribution in [0.4, 0.5) is 0 Å². The highest BCUT2D eigenvalue weighted by molar-refractivity contribution is 4.84. The van der Waals surface area contributed by atoms with Crippen LogP contribution in [0, 0.1) is 11.8 Å². The Bertz CT molecular complexity index is 158. The molecular formula is C12H26N2. The van der Waals surface area contributed by atoms with E-state index in [1.54, 1.807) is 0 Å². The van der Waals surface area contributed by atoms with Crippen LogP contribution in [-0.4, -0.2) is 37.6 Å². The van der Waals surface area contributed by atoms with E-state index in [-0.39, 0.29) is 0 Å². The highest BCUT2D eigenvalue weighted by Gasteiger charge is 2.33. The van der Waals surface area contributed by atoms with Crippen molar-refractivity contribution in [1.82, 2.24) is 10.2 Å². The summed E-state index contributed by atoms with van der Waals surface area (Å²) in [7, 11) is 2.25. The Kier molecular flexibility index (Phi) is 4.90. The Hall–Kier alpha value is -0.0800. The van der Waals surface area contributed by atoms with Crippen molar-refractivity contribution in [3.8, 4) is 0 Å². The molecule has 0 saturated heterocycles. The number of nitrogens with one attached hydrogen (secondary N) is 1. The first-order chi connectivity index (χ1) is 6.63. The Morgan fingerprint density at radius 2 is 2.14 bits per heavy atom. The molecule has 2 nitrogen and oxygen atoms in total. The first-order valence-electron chi connectivity index (χ1n) is 6.05. The van der Waals surface area contributed by atoms with Gasteiger partial charge in [-0.15, -0.1) is 0 Å². The van der Waals surface area contributed by atoms with Crippen LogP contribution in [0.2, 0.25) is 0 Å². The molecule has 0 amide bonds. The fourth-order valence-electron chi connectivity index (χ4n) is 2.05. The SMILES string of the molecule is CCCNC(C)CN(C)CC1CC1C. The monoisotopic (exact) mass is 198 g/mol. The van der Waals surface area contributed by atoms with Crippen molar-refractivity contribution in [2.75, 3.05) is 26.7 Å². The van der Waals surface area contributed by atoms with Gasteiger partial charge in [0.25, 0.3) is 0 Å². The molecule has 2 heteroatoms. The van der Waals surface area contributed by atoms with Crippen LogP contribution in [0.1, 0.15) is 33.6 Å². The Morgan fingerprint density at radius 1 is 1.50 bits per heavy atom.